The first-order chi connectivity index (χ1) is 13.3. The summed E-state index contributed by atoms with van der Waals surface area (Å²) in [4.78, 5) is 37.1. The van der Waals surface area contributed by atoms with Gasteiger partial charge in [0.15, 0.2) is 0 Å². The summed E-state index contributed by atoms with van der Waals surface area (Å²) in [6.45, 7) is 4.05. The maximum absolute atomic E-state index is 13.0. The zero-order valence-corrected chi connectivity index (χ0v) is 15.7. The molecule has 146 valence electrons. The number of hydrogen-bond donors (Lipinski definition) is 1. The Bertz CT molecular complexity index is 910. The molecule has 1 saturated heterocycles. The van der Waals surface area contributed by atoms with Crippen molar-refractivity contribution in [2.75, 3.05) is 13.1 Å². The van der Waals surface area contributed by atoms with Crippen molar-refractivity contribution in [3.05, 3.63) is 75.3 Å². The molecule has 1 aliphatic rings. The van der Waals surface area contributed by atoms with Crippen LogP contribution in [0.2, 0.25) is 0 Å². The third-order valence-electron chi connectivity index (χ3n) is 5.25. The summed E-state index contributed by atoms with van der Waals surface area (Å²) in [6, 6.07) is 13.7. The van der Waals surface area contributed by atoms with Gasteiger partial charge >= 0.3 is 5.97 Å². The molecule has 0 radical (unpaired) electrons. The second kappa shape index (κ2) is 7.80. The second-order valence-corrected chi connectivity index (χ2v) is 7.36. The van der Waals surface area contributed by atoms with Gasteiger partial charge in [0, 0.05) is 36.2 Å². The molecule has 0 spiro atoms. The molecule has 1 N–H and O–H groups in total. The maximum atomic E-state index is 13.0. The fourth-order valence-electron chi connectivity index (χ4n) is 3.76. The molecule has 1 amide bonds. The van der Waals surface area contributed by atoms with Crippen LogP contribution in [0.25, 0.3) is 0 Å². The number of hydrogen-bond acceptors (Lipinski definition) is 4. The summed E-state index contributed by atoms with van der Waals surface area (Å²) in [7, 11) is 0. The van der Waals surface area contributed by atoms with Gasteiger partial charge in [-0.15, -0.1) is 0 Å². The summed E-state index contributed by atoms with van der Waals surface area (Å²) < 4.78 is 0. The molecule has 1 heterocycles. The molecule has 1 fully saturated rings. The van der Waals surface area contributed by atoms with E-state index in [1.54, 1.807) is 12.1 Å². The van der Waals surface area contributed by atoms with E-state index in [2.05, 4.69) is 0 Å². The number of nitrogens with zero attached hydrogens (tertiary/aromatic N) is 2. The Morgan fingerprint density at radius 3 is 2.39 bits per heavy atom. The highest BCUT2D eigenvalue weighted by Gasteiger charge is 2.40. The molecule has 2 atom stereocenters. The first-order valence-electron chi connectivity index (χ1n) is 9.15. The Labute approximate surface area is 162 Å². The summed E-state index contributed by atoms with van der Waals surface area (Å²) >= 11 is 0. The molecule has 3 rings (SSSR count). The highest BCUT2D eigenvalue weighted by atomic mass is 16.6. The number of likely N-dealkylation sites (tertiary alicyclic amines) is 1. The number of carboxylic acid groups (broad SMARTS) is 1. The van der Waals surface area contributed by atoms with Gasteiger partial charge in [-0.3, -0.25) is 19.7 Å². The number of carbonyl (C=O) groups is 2. The van der Waals surface area contributed by atoms with Crippen molar-refractivity contribution in [1.82, 2.24) is 4.90 Å². The lowest BCUT2D eigenvalue weighted by Crippen LogP contribution is -2.30. The number of amides is 1. The van der Waals surface area contributed by atoms with Crippen molar-refractivity contribution in [2.24, 2.45) is 5.92 Å². The molecule has 2 unspecified atom stereocenters. The number of aliphatic carboxylic acids is 1. The van der Waals surface area contributed by atoms with Gasteiger partial charge in [0.1, 0.15) is 0 Å². The smallest absolute Gasteiger partial charge is 0.308 e. The van der Waals surface area contributed by atoms with E-state index in [1.807, 2.05) is 44.2 Å². The monoisotopic (exact) mass is 382 g/mol. The minimum atomic E-state index is -0.953. The quantitative estimate of drug-likeness (QED) is 0.628. The van der Waals surface area contributed by atoms with Crippen LogP contribution in [0.1, 0.15) is 47.2 Å². The van der Waals surface area contributed by atoms with Crippen LogP contribution >= 0.6 is 0 Å². The Balaban J connectivity index is 1.90. The Morgan fingerprint density at radius 1 is 1.14 bits per heavy atom. The predicted octanol–water partition coefficient (Wildman–Crippen LogP) is 3.66. The zero-order valence-electron chi connectivity index (χ0n) is 15.7. The lowest BCUT2D eigenvalue weighted by Gasteiger charge is -2.17. The molecule has 0 saturated carbocycles. The molecular weight excluding hydrogens is 360 g/mol. The topological polar surface area (TPSA) is 101 Å². The van der Waals surface area contributed by atoms with Crippen LogP contribution in [0.4, 0.5) is 5.69 Å². The van der Waals surface area contributed by atoms with Crippen LogP contribution in [0.15, 0.2) is 48.5 Å². The van der Waals surface area contributed by atoms with Crippen LogP contribution < -0.4 is 0 Å². The van der Waals surface area contributed by atoms with E-state index in [9.17, 15) is 24.8 Å². The number of rotatable bonds is 5. The van der Waals surface area contributed by atoms with E-state index in [0.717, 1.165) is 5.56 Å². The molecule has 2 aromatic rings. The van der Waals surface area contributed by atoms with Gasteiger partial charge in [-0.2, -0.15) is 0 Å². The highest BCUT2D eigenvalue weighted by Crippen LogP contribution is 2.34. The Morgan fingerprint density at radius 2 is 1.82 bits per heavy atom. The molecule has 0 bridgehead atoms. The Kier molecular flexibility index (Phi) is 5.44. The van der Waals surface area contributed by atoms with E-state index >= 15 is 0 Å². The van der Waals surface area contributed by atoms with Crippen LogP contribution in [-0.2, 0) is 4.79 Å². The normalized spacial score (nSPS) is 19.0. The Hall–Kier alpha value is -3.22. The van der Waals surface area contributed by atoms with Crippen molar-refractivity contribution >= 4 is 17.6 Å². The van der Waals surface area contributed by atoms with Crippen molar-refractivity contribution in [1.29, 1.82) is 0 Å². The van der Waals surface area contributed by atoms with Crippen LogP contribution in [0.3, 0.4) is 0 Å². The van der Waals surface area contributed by atoms with E-state index in [4.69, 9.17) is 0 Å². The third kappa shape index (κ3) is 3.74. The largest absolute Gasteiger partial charge is 0.481 e. The lowest BCUT2D eigenvalue weighted by molar-refractivity contribution is -0.385. The number of carboxylic acids is 1. The molecular formula is C21H22N2O5. The van der Waals surface area contributed by atoms with Crippen LogP contribution in [-0.4, -0.2) is 39.9 Å². The highest BCUT2D eigenvalue weighted by molar-refractivity contribution is 5.95. The predicted molar refractivity (Wildman–Crippen MR) is 103 cm³/mol. The van der Waals surface area contributed by atoms with Gasteiger partial charge < -0.3 is 10.0 Å². The molecule has 28 heavy (non-hydrogen) atoms. The van der Waals surface area contributed by atoms with Gasteiger partial charge in [-0.05, 0) is 17.5 Å². The van der Waals surface area contributed by atoms with Crippen LogP contribution in [0, 0.1) is 16.0 Å². The van der Waals surface area contributed by atoms with E-state index in [0.29, 0.717) is 5.56 Å². The van der Waals surface area contributed by atoms with Crippen molar-refractivity contribution in [3.8, 4) is 0 Å². The first kappa shape index (κ1) is 19.5. The molecule has 7 heteroatoms. The standard InChI is InChI=1S/C21H22N2O5/c1-13(2)16-9-8-15(10-19(16)23(27)28)20(24)22-11-17(18(12-22)21(25)26)14-6-4-3-5-7-14/h3-10,13,17-18H,11-12H2,1-2H3,(H,25,26). The minimum absolute atomic E-state index is 0.0461. The average Bonchev–Trinajstić information content (AvgIpc) is 3.13. The number of carbonyl (C=O) groups excluding carboxylic acids is 1. The van der Waals surface area contributed by atoms with E-state index < -0.39 is 16.8 Å². The minimum Gasteiger partial charge on any atom is -0.481 e. The molecule has 0 aromatic heterocycles. The van der Waals surface area contributed by atoms with Crippen molar-refractivity contribution < 1.29 is 19.6 Å². The first-order valence-corrected chi connectivity index (χ1v) is 9.15. The van der Waals surface area contributed by atoms with Gasteiger partial charge in [0.25, 0.3) is 11.6 Å². The summed E-state index contributed by atoms with van der Waals surface area (Å²) in [5, 5.41) is 21.0. The number of nitro benzene ring substituents is 1. The number of benzene rings is 2. The fourth-order valence-corrected chi connectivity index (χ4v) is 3.76. The molecule has 1 aliphatic heterocycles. The van der Waals surface area contributed by atoms with E-state index in [-0.39, 0.29) is 42.1 Å². The SMILES string of the molecule is CC(C)c1ccc(C(=O)N2CC(C(=O)O)C(c3ccccc3)C2)cc1[N+](=O)[O-]. The fraction of sp³-hybridized carbons (Fsp3) is 0.333. The van der Waals surface area contributed by atoms with Gasteiger partial charge in [-0.1, -0.05) is 50.2 Å². The van der Waals surface area contributed by atoms with Crippen LogP contribution in [0.5, 0.6) is 0 Å². The summed E-state index contributed by atoms with van der Waals surface area (Å²) in [5.74, 6) is -2.41. The molecule has 7 nitrogen and oxygen atoms in total. The van der Waals surface area contributed by atoms with E-state index in [1.165, 1.54) is 11.0 Å². The molecule has 0 aliphatic carbocycles. The van der Waals surface area contributed by atoms with Crippen molar-refractivity contribution in [3.63, 3.8) is 0 Å². The second-order valence-electron chi connectivity index (χ2n) is 7.36. The third-order valence-corrected chi connectivity index (χ3v) is 5.25. The zero-order chi connectivity index (χ0) is 20.4. The average molecular weight is 382 g/mol. The van der Waals surface area contributed by atoms with Gasteiger partial charge in [-0.25, -0.2) is 0 Å². The number of nitro groups is 1. The lowest BCUT2D eigenvalue weighted by atomic mass is 9.89. The summed E-state index contributed by atoms with van der Waals surface area (Å²) in [6.07, 6.45) is 0. The summed E-state index contributed by atoms with van der Waals surface area (Å²) in [5.41, 5.74) is 1.54. The van der Waals surface area contributed by atoms with Gasteiger partial charge in [0.2, 0.25) is 0 Å². The molecule has 2 aromatic carbocycles. The van der Waals surface area contributed by atoms with Crippen molar-refractivity contribution in [2.45, 2.75) is 25.7 Å². The maximum Gasteiger partial charge on any atom is 0.308 e. The van der Waals surface area contributed by atoms with Gasteiger partial charge in [0.05, 0.1) is 10.8 Å².